The van der Waals surface area contributed by atoms with Crippen molar-refractivity contribution in [3.63, 3.8) is 0 Å². The number of urea groups is 1. The lowest BCUT2D eigenvalue weighted by Crippen LogP contribution is -2.60. The van der Waals surface area contributed by atoms with Crippen LogP contribution in [0.1, 0.15) is 37.7 Å². The van der Waals surface area contributed by atoms with E-state index in [1.165, 1.54) is 0 Å². The quantitative estimate of drug-likeness (QED) is 0.640. The van der Waals surface area contributed by atoms with Gasteiger partial charge in [0.15, 0.2) is 0 Å². The summed E-state index contributed by atoms with van der Waals surface area (Å²) < 4.78 is 0. The topological polar surface area (TPSA) is 82.3 Å². The molecule has 1 unspecified atom stereocenters. The predicted molar refractivity (Wildman–Crippen MR) is 99.7 cm³/mol. The smallest absolute Gasteiger partial charge is 0.315 e. The van der Waals surface area contributed by atoms with E-state index in [2.05, 4.69) is 21.3 Å². The summed E-state index contributed by atoms with van der Waals surface area (Å²) in [5, 5.41) is 12.2. The maximum Gasteiger partial charge on any atom is 0.315 e. The Morgan fingerprint density at radius 2 is 1.88 bits per heavy atom. The van der Waals surface area contributed by atoms with Crippen LogP contribution in [0.5, 0.6) is 0 Å². The zero-order valence-corrected chi connectivity index (χ0v) is 15.2. The van der Waals surface area contributed by atoms with Crippen molar-refractivity contribution < 1.29 is 9.59 Å². The van der Waals surface area contributed by atoms with Crippen LogP contribution >= 0.6 is 12.4 Å². The highest BCUT2D eigenvalue weighted by Crippen LogP contribution is 2.30. The number of carbonyl (C=O) groups excluding carboxylic acids is 2. The van der Waals surface area contributed by atoms with Gasteiger partial charge < -0.3 is 21.3 Å². The molecule has 0 radical (unpaired) electrons. The summed E-state index contributed by atoms with van der Waals surface area (Å²) in [6.45, 7) is 2.20. The minimum absolute atomic E-state index is 0. The molecular formula is C18H27ClN4O2. The molecule has 1 aliphatic carbocycles. The van der Waals surface area contributed by atoms with Gasteiger partial charge in [-0.05, 0) is 31.4 Å². The number of amides is 3. The van der Waals surface area contributed by atoms with Crippen LogP contribution in [0.3, 0.4) is 0 Å². The van der Waals surface area contributed by atoms with Crippen molar-refractivity contribution in [3.8, 4) is 0 Å². The Bertz CT molecular complexity index is 570. The molecule has 2 aliphatic rings. The molecule has 6 nitrogen and oxygen atoms in total. The van der Waals surface area contributed by atoms with Gasteiger partial charge in [-0.3, -0.25) is 4.79 Å². The maximum atomic E-state index is 12.8. The fourth-order valence-corrected chi connectivity index (χ4v) is 3.53. The van der Waals surface area contributed by atoms with Gasteiger partial charge in [0.1, 0.15) is 5.54 Å². The van der Waals surface area contributed by atoms with Crippen molar-refractivity contribution in [3.05, 3.63) is 35.9 Å². The van der Waals surface area contributed by atoms with Crippen LogP contribution in [0.15, 0.2) is 30.3 Å². The molecule has 1 saturated carbocycles. The van der Waals surface area contributed by atoms with Gasteiger partial charge in [0, 0.05) is 19.1 Å². The first-order valence-electron chi connectivity index (χ1n) is 8.80. The molecule has 1 saturated heterocycles. The second-order valence-electron chi connectivity index (χ2n) is 6.75. The van der Waals surface area contributed by atoms with E-state index in [1.807, 2.05) is 30.3 Å². The molecule has 1 heterocycles. The van der Waals surface area contributed by atoms with E-state index in [-0.39, 0.29) is 30.4 Å². The molecule has 3 rings (SSSR count). The molecule has 7 heteroatoms. The fourth-order valence-electron chi connectivity index (χ4n) is 3.53. The van der Waals surface area contributed by atoms with E-state index >= 15 is 0 Å². The summed E-state index contributed by atoms with van der Waals surface area (Å²) in [7, 11) is 0. The van der Waals surface area contributed by atoms with Crippen molar-refractivity contribution in [2.75, 3.05) is 13.1 Å². The number of hydrogen-bond donors (Lipinski definition) is 4. The van der Waals surface area contributed by atoms with Crippen LogP contribution in [0.4, 0.5) is 4.79 Å². The number of halogens is 1. The van der Waals surface area contributed by atoms with Gasteiger partial charge in [-0.2, -0.15) is 0 Å². The van der Waals surface area contributed by atoms with Crippen molar-refractivity contribution in [1.82, 2.24) is 21.3 Å². The molecule has 3 amide bonds. The summed E-state index contributed by atoms with van der Waals surface area (Å²) >= 11 is 0. The molecular weight excluding hydrogens is 340 g/mol. The van der Waals surface area contributed by atoms with Crippen molar-refractivity contribution >= 4 is 24.3 Å². The third-order valence-electron chi connectivity index (χ3n) is 4.94. The van der Waals surface area contributed by atoms with Crippen molar-refractivity contribution in [2.24, 2.45) is 0 Å². The molecule has 4 N–H and O–H groups in total. The lowest BCUT2D eigenvalue weighted by Gasteiger charge is -2.30. The van der Waals surface area contributed by atoms with Crippen molar-refractivity contribution in [2.45, 2.75) is 50.2 Å². The third kappa shape index (κ3) is 5.09. The predicted octanol–water partition coefficient (Wildman–Crippen LogP) is 1.70. The Labute approximate surface area is 154 Å². The monoisotopic (exact) mass is 366 g/mol. The second-order valence-corrected chi connectivity index (χ2v) is 6.75. The first-order chi connectivity index (χ1) is 11.7. The van der Waals surface area contributed by atoms with Gasteiger partial charge in [0.05, 0.1) is 0 Å². The zero-order valence-electron chi connectivity index (χ0n) is 14.3. The van der Waals surface area contributed by atoms with Crippen LogP contribution < -0.4 is 21.3 Å². The number of benzene rings is 1. The average molecular weight is 367 g/mol. The minimum atomic E-state index is -0.761. The van der Waals surface area contributed by atoms with E-state index in [0.717, 1.165) is 37.9 Å². The van der Waals surface area contributed by atoms with E-state index in [9.17, 15) is 9.59 Å². The highest BCUT2D eigenvalue weighted by molar-refractivity contribution is 5.91. The number of rotatable bonds is 5. The highest BCUT2D eigenvalue weighted by Gasteiger charge is 2.43. The first kappa shape index (κ1) is 19.5. The lowest BCUT2D eigenvalue weighted by atomic mass is 9.96. The van der Waals surface area contributed by atoms with Gasteiger partial charge in [0.2, 0.25) is 5.91 Å². The molecule has 1 atom stereocenters. The normalized spacial score (nSPS) is 21.2. The molecule has 0 bridgehead atoms. The Balaban J connectivity index is 0.00000225. The summed E-state index contributed by atoms with van der Waals surface area (Å²) in [5.41, 5.74) is 0.276. The lowest BCUT2D eigenvalue weighted by molar-refractivity contribution is -0.127. The van der Waals surface area contributed by atoms with Crippen LogP contribution in [-0.2, 0) is 11.3 Å². The third-order valence-corrected chi connectivity index (χ3v) is 4.94. The Kier molecular flexibility index (Phi) is 7.08. The standard InChI is InChI=1S/C18H26N4O2.ClH/c23-16(21-15-8-11-19-13-15)18(9-4-5-10-18)22-17(24)20-12-14-6-2-1-3-7-14;/h1-3,6-7,15,19H,4-5,8-13H2,(H,21,23)(H2,20,22,24);1H. The number of hydrogen-bond acceptors (Lipinski definition) is 3. The van der Waals surface area contributed by atoms with Gasteiger partial charge >= 0.3 is 6.03 Å². The van der Waals surface area contributed by atoms with E-state index in [1.54, 1.807) is 0 Å². The van der Waals surface area contributed by atoms with Crippen LogP contribution in [0.25, 0.3) is 0 Å². The first-order valence-corrected chi connectivity index (χ1v) is 8.80. The summed E-state index contributed by atoms with van der Waals surface area (Å²) in [6, 6.07) is 9.65. The van der Waals surface area contributed by atoms with Gasteiger partial charge in [0.25, 0.3) is 0 Å². The average Bonchev–Trinajstić information content (AvgIpc) is 3.26. The Morgan fingerprint density at radius 1 is 1.16 bits per heavy atom. The Morgan fingerprint density at radius 3 is 2.52 bits per heavy atom. The van der Waals surface area contributed by atoms with E-state index in [0.29, 0.717) is 19.4 Å². The summed E-state index contributed by atoms with van der Waals surface area (Å²) in [5.74, 6) is -0.0384. The highest BCUT2D eigenvalue weighted by atomic mass is 35.5. The van der Waals surface area contributed by atoms with Crippen LogP contribution in [-0.4, -0.2) is 36.6 Å². The molecule has 1 aromatic carbocycles. The van der Waals surface area contributed by atoms with E-state index in [4.69, 9.17) is 0 Å². The van der Waals surface area contributed by atoms with Gasteiger partial charge in [-0.1, -0.05) is 43.2 Å². The zero-order chi connectivity index (χ0) is 16.8. The summed E-state index contributed by atoms with van der Waals surface area (Å²) in [4.78, 5) is 25.1. The summed E-state index contributed by atoms with van der Waals surface area (Å²) in [6.07, 6.45) is 4.29. The largest absolute Gasteiger partial charge is 0.350 e. The number of carbonyl (C=O) groups is 2. The Hall–Kier alpha value is -1.79. The SMILES string of the molecule is Cl.O=C(NCc1ccccc1)NC1(C(=O)NC2CCNC2)CCCC1. The van der Waals surface area contributed by atoms with Gasteiger partial charge in [-0.25, -0.2) is 4.79 Å². The molecule has 0 aromatic heterocycles. The number of nitrogens with one attached hydrogen (secondary N) is 4. The van der Waals surface area contributed by atoms with Gasteiger partial charge in [-0.15, -0.1) is 12.4 Å². The second kappa shape index (κ2) is 9.06. The fraction of sp³-hybridized carbons (Fsp3) is 0.556. The van der Waals surface area contributed by atoms with Crippen LogP contribution in [0.2, 0.25) is 0 Å². The molecule has 1 aliphatic heterocycles. The van der Waals surface area contributed by atoms with E-state index < -0.39 is 5.54 Å². The minimum Gasteiger partial charge on any atom is -0.350 e. The van der Waals surface area contributed by atoms with Crippen LogP contribution in [0, 0.1) is 0 Å². The maximum absolute atomic E-state index is 12.8. The molecule has 0 spiro atoms. The molecule has 25 heavy (non-hydrogen) atoms. The molecule has 2 fully saturated rings. The molecule has 1 aromatic rings. The van der Waals surface area contributed by atoms with Crippen molar-refractivity contribution in [1.29, 1.82) is 0 Å². The molecule has 138 valence electrons.